The summed E-state index contributed by atoms with van der Waals surface area (Å²) < 4.78 is 36.1. The van der Waals surface area contributed by atoms with Crippen molar-refractivity contribution in [1.29, 1.82) is 0 Å². The minimum atomic E-state index is -3.59. The van der Waals surface area contributed by atoms with Crippen LogP contribution in [0, 0.1) is 0 Å². The van der Waals surface area contributed by atoms with E-state index in [2.05, 4.69) is 14.9 Å². The lowest BCUT2D eigenvalue weighted by atomic mass is 9.91. The zero-order valence-electron chi connectivity index (χ0n) is 15.3. The summed E-state index contributed by atoms with van der Waals surface area (Å²) in [6.07, 6.45) is 6.89. The molecule has 0 spiro atoms. The van der Waals surface area contributed by atoms with Crippen molar-refractivity contribution in [1.82, 2.24) is 19.5 Å². The van der Waals surface area contributed by atoms with Crippen molar-refractivity contribution < 1.29 is 13.2 Å². The Kier molecular flexibility index (Phi) is 5.40. The number of rotatable bonds is 6. The third-order valence-electron chi connectivity index (χ3n) is 4.94. The van der Waals surface area contributed by atoms with E-state index in [-0.39, 0.29) is 17.0 Å². The molecule has 0 aliphatic heterocycles. The van der Waals surface area contributed by atoms with Crippen molar-refractivity contribution in [2.24, 2.45) is 0 Å². The van der Waals surface area contributed by atoms with Gasteiger partial charge in [-0.1, -0.05) is 18.2 Å². The average molecular weight is 398 g/mol. The van der Waals surface area contributed by atoms with E-state index >= 15 is 0 Å². The van der Waals surface area contributed by atoms with Gasteiger partial charge in [-0.05, 0) is 62.1 Å². The zero-order chi connectivity index (χ0) is 19.4. The fraction of sp³-hybridized carbons (Fsp3) is 0.300. The van der Waals surface area contributed by atoms with E-state index in [0.29, 0.717) is 11.5 Å². The third kappa shape index (κ3) is 4.40. The van der Waals surface area contributed by atoms with Gasteiger partial charge >= 0.3 is 0 Å². The summed E-state index contributed by atoms with van der Waals surface area (Å²) in [4.78, 5) is 0.235. The second-order valence-corrected chi connectivity index (χ2v) is 8.65. The topological polar surface area (TPSA) is 86.1 Å². The summed E-state index contributed by atoms with van der Waals surface area (Å²) in [6.45, 7) is 0. The van der Waals surface area contributed by atoms with E-state index in [1.54, 1.807) is 36.9 Å². The zero-order valence-corrected chi connectivity index (χ0v) is 16.1. The van der Waals surface area contributed by atoms with Crippen LogP contribution in [0.15, 0.2) is 72.1 Å². The number of ether oxygens (including phenoxy) is 1. The van der Waals surface area contributed by atoms with Gasteiger partial charge in [0.2, 0.25) is 10.0 Å². The molecular formula is C20H22N4O3S. The molecule has 4 rings (SSSR count). The highest BCUT2D eigenvalue weighted by atomic mass is 32.2. The number of aromatic nitrogens is 3. The molecule has 1 N–H and O–H groups in total. The summed E-state index contributed by atoms with van der Waals surface area (Å²) in [5.41, 5.74) is 0. The van der Waals surface area contributed by atoms with E-state index in [0.717, 1.165) is 25.7 Å². The van der Waals surface area contributed by atoms with E-state index < -0.39 is 10.0 Å². The summed E-state index contributed by atoms with van der Waals surface area (Å²) >= 11 is 0. The monoisotopic (exact) mass is 398 g/mol. The molecule has 28 heavy (non-hydrogen) atoms. The highest BCUT2D eigenvalue weighted by Crippen LogP contribution is 2.29. The second kappa shape index (κ2) is 8.12. The first-order valence-electron chi connectivity index (χ1n) is 9.29. The summed E-state index contributed by atoms with van der Waals surface area (Å²) in [5.74, 6) is 1.30. The standard InChI is InChI=1S/C20H22N4O3S/c25-28(26,23-16-5-4-6-17(13-16)24-14-21-22-15-24)20-11-9-19(10-12-20)27-18-7-2-1-3-8-18/h1-3,7-12,14-17,23H,4-6,13H2/t16-,17+/m0/s1. The Morgan fingerprint density at radius 1 is 0.929 bits per heavy atom. The van der Waals surface area contributed by atoms with Crippen LogP contribution in [0.25, 0.3) is 0 Å². The Morgan fingerprint density at radius 2 is 1.61 bits per heavy atom. The Hall–Kier alpha value is -2.71. The maximum atomic E-state index is 12.8. The molecule has 146 valence electrons. The van der Waals surface area contributed by atoms with Crippen molar-refractivity contribution in [2.75, 3.05) is 0 Å². The van der Waals surface area contributed by atoms with Crippen LogP contribution >= 0.6 is 0 Å². The largest absolute Gasteiger partial charge is 0.457 e. The summed E-state index contributed by atoms with van der Waals surface area (Å²) in [6, 6.07) is 16.0. The van der Waals surface area contributed by atoms with Gasteiger partial charge < -0.3 is 9.30 Å². The lowest BCUT2D eigenvalue weighted by molar-refractivity contribution is 0.305. The number of nitrogens with zero attached hydrogens (tertiary/aromatic N) is 3. The van der Waals surface area contributed by atoms with Crippen molar-refractivity contribution in [3.63, 3.8) is 0 Å². The molecule has 8 heteroatoms. The Labute approximate surface area is 164 Å². The average Bonchev–Trinajstić information content (AvgIpc) is 3.24. The number of benzene rings is 2. The van der Waals surface area contributed by atoms with Gasteiger partial charge in [0, 0.05) is 12.1 Å². The molecule has 1 aliphatic rings. The molecule has 3 aromatic rings. The maximum absolute atomic E-state index is 12.8. The minimum Gasteiger partial charge on any atom is -0.457 e. The fourth-order valence-corrected chi connectivity index (χ4v) is 4.82. The van der Waals surface area contributed by atoms with Crippen molar-refractivity contribution in [3.05, 3.63) is 67.3 Å². The molecule has 1 heterocycles. The Morgan fingerprint density at radius 3 is 2.32 bits per heavy atom. The molecule has 1 fully saturated rings. The van der Waals surface area contributed by atoms with E-state index in [1.165, 1.54) is 0 Å². The van der Waals surface area contributed by atoms with Crippen LogP contribution in [0.2, 0.25) is 0 Å². The highest BCUT2D eigenvalue weighted by Gasteiger charge is 2.27. The van der Waals surface area contributed by atoms with Crippen LogP contribution in [-0.2, 0) is 10.0 Å². The number of hydrogen-bond donors (Lipinski definition) is 1. The van der Waals surface area contributed by atoms with E-state index in [4.69, 9.17) is 4.74 Å². The normalized spacial score (nSPS) is 20.0. The SMILES string of the molecule is O=S(=O)(N[C@H]1CCC[C@@H](n2cnnc2)C1)c1ccc(Oc2ccccc2)cc1. The quantitative estimate of drug-likeness (QED) is 0.686. The number of sulfonamides is 1. The smallest absolute Gasteiger partial charge is 0.240 e. The first kappa shape index (κ1) is 18.6. The summed E-state index contributed by atoms with van der Waals surface area (Å²) in [7, 11) is -3.59. The third-order valence-corrected chi connectivity index (χ3v) is 6.48. The molecular weight excluding hydrogens is 376 g/mol. The van der Waals surface area contributed by atoms with E-state index in [9.17, 15) is 8.42 Å². The molecule has 2 aromatic carbocycles. The number of nitrogens with one attached hydrogen (secondary N) is 1. The molecule has 1 aromatic heterocycles. The number of hydrogen-bond acceptors (Lipinski definition) is 5. The molecule has 2 atom stereocenters. The lowest BCUT2D eigenvalue weighted by Crippen LogP contribution is -2.38. The molecule has 0 bridgehead atoms. The van der Waals surface area contributed by atoms with Crippen molar-refractivity contribution in [2.45, 2.75) is 42.7 Å². The van der Waals surface area contributed by atoms with Crippen molar-refractivity contribution >= 4 is 10.0 Å². The molecule has 1 saturated carbocycles. The van der Waals surface area contributed by atoms with Gasteiger partial charge in [-0.2, -0.15) is 0 Å². The van der Waals surface area contributed by atoms with Crippen LogP contribution < -0.4 is 9.46 Å². The minimum absolute atomic E-state index is 0.105. The fourth-order valence-electron chi connectivity index (χ4n) is 3.54. The van der Waals surface area contributed by atoms with Crippen LogP contribution in [0.1, 0.15) is 31.7 Å². The Balaban J connectivity index is 1.41. The lowest BCUT2D eigenvalue weighted by Gasteiger charge is -2.30. The van der Waals surface area contributed by atoms with Gasteiger partial charge in [0.1, 0.15) is 24.2 Å². The maximum Gasteiger partial charge on any atom is 0.240 e. The first-order chi connectivity index (χ1) is 13.6. The van der Waals surface area contributed by atoms with Gasteiger partial charge in [-0.25, -0.2) is 13.1 Å². The van der Waals surface area contributed by atoms with Gasteiger partial charge in [0.15, 0.2) is 0 Å². The van der Waals surface area contributed by atoms with Gasteiger partial charge in [-0.15, -0.1) is 10.2 Å². The molecule has 7 nitrogen and oxygen atoms in total. The Bertz CT molecular complexity index is 990. The summed E-state index contributed by atoms with van der Waals surface area (Å²) in [5, 5.41) is 7.69. The predicted octanol–water partition coefficient (Wildman–Crippen LogP) is 3.53. The molecule has 0 amide bonds. The first-order valence-corrected chi connectivity index (χ1v) is 10.8. The van der Waals surface area contributed by atoms with Gasteiger partial charge in [-0.3, -0.25) is 0 Å². The second-order valence-electron chi connectivity index (χ2n) is 6.93. The number of para-hydroxylation sites is 1. The molecule has 0 radical (unpaired) electrons. The van der Waals surface area contributed by atoms with Gasteiger partial charge in [0.25, 0.3) is 0 Å². The van der Waals surface area contributed by atoms with E-state index in [1.807, 2.05) is 34.9 Å². The van der Waals surface area contributed by atoms with Crippen molar-refractivity contribution in [3.8, 4) is 11.5 Å². The van der Waals surface area contributed by atoms with Crippen LogP contribution in [0.4, 0.5) is 0 Å². The van der Waals surface area contributed by atoms with Gasteiger partial charge in [0.05, 0.1) is 4.90 Å². The molecule has 1 aliphatic carbocycles. The van der Waals surface area contributed by atoms with Crippen LogP contribution in [0.3, 0.4) is 0 Å². The predicted molar refractivity (Wildman–Crippen MR) is 105 cm³/mol. The highest BCUT2D eigenvalue weighted by molar-refractivity contribution is 7.89. The molecule has 0 saturated heterocycles. The van der Waals surface area contributed by atoms with Crippen LogP contribution in [0.5, 0.6) is 11.5 Å². The van der Waals surface area contributed by atoms with Crippen LogP contribution in [-0.4, -0.2) is 29.2 Å². The molecule has 0 unspecified atom stereocenters.